The molecule has 0 unspecified atom stereocenters. The van der Waals surface area contributed by atoms with Gasteiger partial charge in [-0.15, -0.1) is 11.3 Å². The van der Waals surface area contributed by atoms with Crippen LogP contribution in [0.4, 0.5) is 5.69 Å². The van der Waals surface area contributed by atoms with Gasteiger partial charge in [0.1, 0.15) is 9.88 Å². The van der Waals surface area contributed by atoms with E-state index in [-0.39, 0.29) is 5.91 Å². The number of carbonyl (C=O) groups is 1. The zero-order chi connectivity index (χ0) is 13.8. The van der Waals surface area contributed by atoms with Gasteiger partial charge in [-0.3, -0.25) is 4.79 Å². The van der Waals surface area contributed by atoms with Crippen LogP contribution < -0.4 is 11.1 Å². The molecule has 2 rings (SSSR count). The van der Waals surface area contributed by atoms with Gasteiger partial charge in [0.05, 0.1) is 5.69 Å². The number of hydrogen-bond acceptors (Lipinski definition) is 4. The van der Waals surface area contributed by atoms with Crippen LogP contribution in [0.1, 0.15) is 32.9 Å². The van der Waals surface area contributed by atoms with E-state index >= 15 is 0 Å². The number of hydrogen-bond donors (Lipinski definition) is 2. The lowest BCUT2D eigenvalue weighted by Gasteiger charge is -2.08. The van der Waals surface area contributed by atoms with Crippen LogP contribution in [0, 0.1) is 6.92 Å². The van der Waals surface area contributed by atoms with Crippen molar-refractivity contribution in [3.8, 4) is 0 Å². The van der Waals surface area contributed by atoms with E-state index in [4.69, 9.17) is 5.73 Å². The fourth-order valence-corrected chi connectivity index (χ4v) is 2.72. The molecule has 3 N–H and O–H groups in total. The van der Waals surface area contributed by atoms with Crippen molar-refractivity contribution in [1.82, 2.24) is 4.98 Å². The third-order valence-corrected chi connectivity index (χ3v) is 4.05. The van der Waals surface area contributed by atoms with Crippen LogP contribution >= 0.6 is 11.3 Å². The Labute approximate surface area is 116 Å². The van der Waals surface area contributed by atoms with Gasteiger partial charge in [-0.05, 0) is 25.0 Å². The molecule has 19 heavy (non-hydrogen) atoms. The zero-order valence-electron chi connectivity index (χ0n) is 11.1. The van der Waals surface area contributed by atoms with Crippen molar-refractivity contribution in [3.05, 3.63) is 45.4 Å². The van der Waals surface area contributed by atoms with E-state index < -0.39 is 0 Å². The summed E-state index contributed by atoms with van der Waals surface area (Å²) >= 11 is 1.35. The molecule has 0 bridgehead atoms. The second-order valence-corrected chi connectivity index (χ2v) is 5.27. The summed E-state index contributed by atoms with van der Waals surface area (Å²) in [5.41, 5.74) is 8.26. The number of nitrogens with zero attached hydrogens (tertiary/aromatic N) is 1. The molecule has 0 saturated carbocycles. The van der Waals surface area contributed by atoms with Gasteiger partial charge in [0.25, 0.3) is 5.91 Å². The molecule has 0 aliphatic heterocycles. The van der Waals surface area contributed by atoms with Crippen LogP contribution in [0.3, 0.4) is 0 Å². The maximum Gasteiger partial charge on any atom is 0.267 e. The van der Waals surface area contributed by atoms with Crippen LogP contribution in [0.25, 0.3) is 0 Å². The number of thiazole rings is 1. The summed E-state index contributed by atoms with van der Waals surface area (Å²) in [4.78, 5) is 17.1. The first-order chi connectivity index (χ1) is 9.15. The Hall–Kier alpha value is -1.72. The molecular weight excluding hydrogens is 258 g/mol. The van der Waals surface area contributed by atoms with E-state index in [1.165, 1.54) is 11.3 Å². The van der Waals surface area contributed by atoms with Crippen LogP contribution in [0.2, 0.25) is 0 Å². The number of para-hydroxylation sites is 1. The summed E-state index contributed by atoms with van der Waals surface area (Å²) in [6.45, 7) is 4.26. The van der Waals surface area contributed by atoms with E-state index in [1.807, 2.05) is 31.2 Å². The smallest absolute Gasteiger partial charge is 0.267 e. The number of rotatable bonds is 4. The van der Waals surface area contributed by atoms with E-state index in [1.54, 1.807) is 0 Å². The summed E-state index contributed by atoms with van der Waals surface area (Å²) in [7, 11) is 0. The number of benzene rings is 1. The minimum absolute atomic E-state index is 0.115. The van der Waals surface area contributed by atoms with Crippen LogP contribution in [-0.4, -0.2) is 10.9 Å². The molecule has 4 nitrogen and oxygen atoms in total. The molecule has 0 aliphatic carbocycles. The van der Waals surface area contributed by atoms with Crippen molar-refractivity contribution in [2.45, 2.75) is 26.8 Å². The fraction of sp³-hybridized carbons (Fsp3) is 0.286. The number of carbonyl (C=O) groups excluding carboxylic acids is 1. The maximum absolute atomic E-state index is 12.3. The predicted molar refractivity (Wildman–Crippen MR) is 78.5 cm³/mol. The number of amides is 1. The molecule has 100 valence electrons. The Balaban J connectivity index is 2.23. The molecule has 0 fully saturated rings. The van der Waals surface area contributed by atoms with Crippen LogP contribution in [0.15, 0.2) is 24.3 Å². The molecule has 0 spiro atoms. The van der Waals surface area contributed by atoms with Gasteiger partial charge in [-0.2, -0.15) is 0 Å². The van der Waals surface area contributed by atoms with E-state index in [9.17, 15) is 4.79 Å². The van der Waals surface area contributed by atoms with E-state index in [0.29, 0.717) is 11.4 Å². The van der Waals surface area contributed by atoms with Crippen LogP contribution in [-0.2, 0) is 13.0 Å². The van der Waals surface area contributed by atoms with Crippen molar-refractivity contribution >= 4 is 22.9 Å². The third-order valence-electron chi connectivity index (χ3n) is 2.87. The maximum atomic E-state index is 12.3. The molecule has 1 amide bonds. The molecule has 1 heterocycles. The summed E-state index contributed by atoms with van der Waals surface area (Å²) in [6, 6.07) is 7.82. The van der Waals surface area contributed by atoms with Gasteiger partial charge in [0.15, 0.2) is 0 Å². The van der Waals surface area contributed by atoms with Crippen molar-refractivity contribution in [2.75, 3.05) is 5.32 Å². The lowest BCUT2D eigenvalue weighted by Crippen LogP contribution is -2.12. The second kappa shape index (κ2) is 5.95. The Morgan fingerprint density at radius 2 is 2.16 bits per heavy atom. The predicted octanol–water partition coefficient (Wildman–Crippen LogP) is 2.72. The van der Waals surface area contributed by atoms with Crippen LogP contribution in [0.5, 0.6) is 0 Å². The highest BCUT2D eigenvalue weighted by molar-refractivity contribution is 7.13. The van der Waals surface area contributed by atoms with Crippen molar-refractivity contribution < 1.29 is 4.79 Å². The Bertz CT molecular complexity index is 592. The summed E-state index contributed by atoms with van der Waals surface area (Å²) in [5.74, 6) is -0.115. The molecule has 0 saturated heterocycles. The number of aromatic nitrogens is 1. The Morgan fingerprint density at radius 3 is 2.79 bits per heavy atom. The third kappa shape index (κ3) is 3.00. The summed E-state index contributed by atoms with van der Waals surface area (Å²) in [5, 5.41) is 3.73. The average Bonchev–Trinajstić information content (AvgIpc) is 2.80. The molecular formula is C14H17N3OS. The molecule has 2 aromatic rings. The quantitative estimate of drug-likeness (QED) is 0.901. The monoisotopic (exact) mass is 275 g/mol. The second-order valence-electron chi connectivity index (χ2n) is 4.19. The van der Waals surface area contributed by atoms with Gasteiger partial charge in [-0.1, -0.05) is 25.1 Å². The average molecular weight is 275 g/mol. The number of nitrogens with two attached hydrogens (primary N) is 1. The lowest BCUT2D eigenvalue weighted by atomic mass is 10.1. The van der Waals surface area contributed by atoms with Crippen molar-refractivity contribution in [1.29, 1.82) is 0 Å². The SMILES string of the molecule is CCc1ccccc1NC(=O)c1sc(CN)nc1C. The summed E-state index contributed by atoms with van der Waals surface area (Å²) in [6.07, 6.45) is 0.881. The standard InChI is InChI=1S/C14H17N3OS/c1-3-10-6-4-5-7-11(10)17-14(18)13-9(2)16-12(8-15)19-13/h4-7H,3,8,15H2,1-2H3,(H,17,18). The topological polar surface area (TPSA) is 68.0 Å². The largest absolute Gasteiger partial charge is 0.325 e. The molecule has 5 heteroatoms. The number of aryl methyl sites for hydroxylation is 2. The number of anilines is 1. The van der Waals surface area contributed by atoms with Gasteiger partial charge in [-0.25, -0.2) is 4.98 Å². The van der Waals surface area contributed by atoms with Gasteiger partial charge < -0.3 is 11.1 Å². The van der Waals surface area contributed by atoms with E-state index in [0.717, 1.165) is 28.4 Å². The molecule has 0 aliphatic rings. The normalized spacial score (nSPS) is 10.5. The highest BCUT2D eigenvalue weighted by Gasteiger charge is 2.15. The van der Waals surface area contributed by atoms with Gasteiger partial charge >= 0.3 is 0 Å². The van der Waals surface area contributed by atoms with E-state index in [2.05, 4.69) is 17.2 Å². The first kappa shape index (κ1) is 13.7. The summed E-state index contributed by atoms with van der Waals surface area (Å²) < 4.78 is 0. The lowest BCUT2D eigenvalue weighted by molar-refractivity contribution is 0.102. The molecule has 0 atom stereocenters. The minimum Gasteiger partial charge on any atom is -0.325 e. The first-order valence-corrected chi connectivity index (χ1v) is 7.03. The Morgan fingerprint density at radius 1 is 1.42 bits per heavy atom. The number of nitrogens with one attached hydrogen (secondary N) is 1. The molecule has 0 radical (unpaired) electrons. The minimum atomic E-state index is -0.115. The van der Waals surface area contributed by atoms with Gasteiger partial charge in [0.2, 0.25) is 0 Å². The van der Waals surface area contributed by atoms with Crippen molar-refractivity contribution in [2.24, 2.45) is 5.73 Å². The van der Waals surface area contributed by atoms with Gasteiger partial charge in [0, 0.05) is 12.2 Å². The fourth-order valence-electron chi connectivity index (χ4n) is 1.88. The highest BCUT2D eigenvalue weighted by atomic mass is 32.1. The molecule has 1 aromatic heterocycles. The molecule has 1 aromatic carbocycles. The first-order valence-electron chi connectivity index (χ1n) is 6.21. The highest BCUT2D eigenvalue weighted by Crippen LogP contribution is 2.21. The van der Waals surface area contributed by atoms with Crippen molar-refractivity contribution in [3.63, 3.8) is 0 Å². The Kier molecular flexibility index (Phi) is 4.29. The zero-order valence-corrected chi connectivity index (χ0v) is 11.9.